The highest BCUT2D eigenvalue weighted by molar-refractivity contribution is 7.97. The molecule has 0 radical (unpaired) electrons. The van der Waals surface area contributed by atoms with E-state index in [1.165, 1.54) is 0 Å². The van der Waals surface area contributed by atoms with Crippen LogP contribution >= 0.6 is 23.4 Å². The summed E-state index contributed by atoms with van der Waals surface area (Å²) >= 11 is 7.69. The van der Waals surface area contributed by atoms with Gasteiger partial charge in [-0.25, -0.2) is 9.97 Å². The zero-order valence-electron chi connectivity index (χ0n) is 10.0. The van der Waals surface area contributed by atoms with Crippen molar-refractivity contribution in [2.24, 2.45) is 0 Å². The van der Waals surface area contributed by atoms with Gasteiger partial charge in [0.05, 0.1) is 24.9 Å². The van der Waals surface area contributed by atoms with E-state index in [-0.39, 0.29) is 0 Å². The summed E-state index contributed by atoms with van der Waals surface area (Å²) in [4.78, 5) is 10.7. The van der Waals surface area contributed by atoms with E-state index < -0.39 is 0 Å². The predicted octanol–water partition coefficient (Wildman–Crippen LogP) is 2.22. The van der Waals surface area contributed by atoms with Crippen LogP contribution in [-0.4, -0.2) is 42.0 Å². The molecule has 0 aliphatic carbocycles. The number of morpholine rings is 1. The first-order chi connectivity index (χ1) is 8.20. The second-order valence-electron chi connectivity index (χ2n) is 4.04. The molecule has 0 aromatic carbocycles. The minimum absolute atomic E-state index is 0.324. The van der Waals surface area contributed by atoms with Crippen LogP contribution in [0.2, 0.25) is 5.28 Å². The lowest BCUT2D eigenvalue weighted by Gasteiger charge is -2.34. The molecule has 1 fully saturated rings. The number of rotatable bonds is 3. The average molecular weight is 274 g/mol. The van der Waals surface area contributed by atoms with Gasteiger partial charge in [-0.2, -0.15) is 11.8 Å². The molecule has 0 saturated carbocycles. The Morgan fingerprint density at radius 3 is 3.12 bits per heavy atom. The van der Waals surface area contributed by atoms with E-state index in [9.17, 15) is 0 Å². The third kappa shape index (κ3) is 3.24. The number of anilines is 1. The van der Waals surface area contributed by atoms with Gasteiger partial charge in [0.1, 0.15) is 5.82 Å². The second kappa shape index (κ2) is 5.89. The molecule has 0 bridgehead atoms. The average Bonchev–Trinajstić information content (AvgIpc) is 2.29. The van der Waals surface area contributed by atoms with Crippen LogP contribution in [0.4, 0.5) is 5.82 Å². The number of hydrogen-bond acceptors (Lipinski definition) is 5. The molecule has 1 aromatic heterocycles. The van der Waals surface area contributed by atoms with Crippen molar-refractivity contribution >= 4 is 29.2 Å². The third-order valence-electron chi connectivity index (χ3n) is 2.69. The summed E-state index contributed by atoms with van der Waals surface area (Å²) in [5.74, 6) is 1.76. The molecule has 1 aliphatic rings. The fourth-order valence-electron chi connectivity index (χ4n) is 1.89. The number of nitrogens with zero attached hydrogens (tertiary/aromatic N) is 3. The van der Waals surface area contributed by atoms with Crippen molar-refractivity contribution in [1.82, 2.24) is 9.97 Å². The Hall–Kier alpha value is -0.520. The molecule has 6 heteroatoms. The van der Waals surface area contributed by atoms with Crippen LogP contribution in [0.5, 0.6) is 0 Å². The highest BCUT2D eigenvalue weighted by Crippen LogP contribution is 2.21. The molecule has 0 N–H and O–H groups in total. The molecule has 4 nitrogen and oxygen atoms in total. The van der Waals surface area contributed by atoms with Crippen molar-refractivity contribution in [3.8, 4) is 0 Å². The predicted molar refractivity (Wildman–Crippen MR) is 71.9 cm³/mol. The summed E-state index contributed by atoms with van der Waals surface area (Å²) in [5, 5.41) is 0.324. The highest BCUT2D eigenvalue weighted by atomic mass is 35.5. The van der Waals surface area contributed by atoms with E-state index in [1.54, 1.807) is 11.8 Å². The Balaban J connectivity index is 2.24. The van der Waals surface area contributed by atoms with Gasteiger partial charge in [0.15, 0.2) is 0 Å². The van der Waals surface area contributed by atoms with Gasteiger partial charge in [0.25, 0.3) is 0 Å². The Morgan fingerprint density at radius 2 is 2.41 bits per heavy atom. The van der Waals surface area contributed by atoms with Gasteiger partial charge in [-0.3, -0.25) is 0 Å². The lowest BCUT2D eigenvalue weighted by molar-refractivity contribution is 0.0985. The van der Waals surface area contributed by atoms with Gasteiger partial charge in [-0.1, -0.05) is 0 Å². The van der Waals surface area contributed by atoms with Crippen LogP contribution < -0.4 is 4.90 Å². The monoisotopic (exact) mass is 273 g/mol. The molecule has 1 aliphatic heterocycles. The van der Waals surface area contributed by atoms with Crippen molar-refractivity contribution in [2.45, 2.75) is 18.7 Å². The zero-order chi connectivity index (χ0) is 12.3. The van der Waals surface area contributed by atoms with E-state index in [0.29, 0.717) is 11.3 Å². The number of thioether (sulfide) groups is 1. The van der Waals surface area contributed by atoms with Gasteiger partial charge in [0.2, 0.25) is 5.28 Å². The standard InChI is InChI=1S/C11H16ClN3OS/c1-8-6-16-4-3-15(8)10-5-9(7-17-2)13-11(12)14-10/h5,8H,3-4,6-7H2,1-2H3/t8-/m0/s1. The van der Waals surface area contributed by atoms with E-state index in [4.69, 9.17) is 16.3 Å². The third-order valence-corrected chi connectivity index (χ3v) is 3.45. The largest absolute Gasteiger partial charge is 0.377 e. The molecular formula is C11H16ClN3OS. The lowest BCUT2D eigenvalue weighted by Crippen LogP contribution is -2.44. The van der Waals surface area contributed by atoms with Crippen LogP contribution in [0, 0.1) is 0 Å². The van der Waals surface area contributed by atoms with Gasteiger partial charge in [-0.15, -0.1) is 0 Å². The number of halogens is 1. The normalized spacial score (nSPS) is 20.6. The lowest BCUT2D eigenvalue weighted by atomic mass is 10.2. The summed E-state index contributed by atoms with van der Waals surface area (Å²) < 4.78 is 5.42. The molecule has 0 unspecified atom stereocenters. The highest BCUT2D eigenvalue weighted by Gasteiger charge is 2.21. The van der Waals surface area contributed by atoms with E-state index in [0.717, 1.165) is 37.0 Å². The molecule has 0 amide bonds. The Morgan fingerprint density at radius 1 is 1.59 bits per heavy atom. The molecule has 1 atom stereocenters. The number of hydrogen-bond donors (Lipinski definition) is 0. The summed E-state index contributed by atoms with van der Waals surface area (Å²) in [6.45, 7) is 4.46. The molecule has 0 spiro atoms. The molecule has 1 saturated heterocycles. The van der Waals surface area contributed by atoms with Gasteiger partial charge in [0, 0.05) is 18.4 Å². The van der Waals surface area contributed by atoms with Crippen LogP contribution in [0.1, 0.15) is 12.6 Å². The van der Waals surface area contributed by atoms with E-state index in [1.807, 2.05) is 12.3 Å². The number of ether oxygens (including phenoxy) is 1. The SMILES string of the molecule is CSCc1cc(N2CCOC[C@@H]2C)nc(Cl)n1. The summed E-state index contributed by atoms with van der Waals surface area (Å²) in [5.41, 5.74) is 0.978. The first kappa shape index (κ1) is 12.9. The molecule has 94 valence electrons. The van der Waals surface area contributed by atoms with Crippen LogP contribution in [0.25, 0.3) is 0 Å². The van der Waals surface area contributed by atoms with Gasteiger partial charge < -0.3 is 9.64 Å². The van der Waals surface area contributed by atoms with E-state index in [2.05, 4.69) is 21.8 Å². The second-order valence-corrected chi connectivity index (χ2v) is 5.24. The minimum Gasteiger partial charge on any atom is -0.377 e. The number of aromatic nitrogens is 2. The Kier molecular flexibility index (Phi) is 4.48. The van der Waals surface area contributed by atoms with Gasteiger partial charge in [-0.05, 0) is 24.8 Å². The zero-order valence-corrected chi connectivity index (χ0v) is 11.6. The van der Waals surface area contributed by atoms with Crippen LogP contribution in [0.15, 0.2) is 6.07 Å². The van der Waals surface area contributed by atoms with Gasteiger partial charge >= 0.3 is 0 Å². The first-order valence-corrected chi connectivity index (χ1v) is 7.34. The molecule has 2 heterocycles. The maximum Gasteiger partial charge on any atom is 0.224 e. The Bertz CT molecular complexity index is 391. The van der Waals surface area contributed by atoms with Crippen LogP contribution in [0.3, 0.4) is 0 Å². The first-order valence-electron chi connectivity index (χ1n) is 5.57. The summed E-state index contributed by atoms with van der Waals surface area (Å²) in [6.07, 6.45) is 2.05. The molecule has 17 heavy (non-hydrogen) atoms. The molecular weight excluding hydrogens is 258 g/mol. The fraction of sp³-hybridized carbons (Fsp3) is 0.636. The summed E-state index contributed by atoms with van der Waals surface area (Å²) in [7, 11) is 0. The van der Waals surface area contributed by atoms with E-state index >= 15 is 0 Å². The summed E-state index contributed by atoms with van der Waals surface area (Å²) in [6, 6.07) is 2.35. The smallest absolute Gasteiger partial charge is 0.224 e. The maximum absolute atomic E-state index is 5.96. The van der Waals surface area contributed by atoms with Crippen molar-refractivity contribution in [2.75, 3.05) is 30.9 Å². The Labute approximate surface area is 111 Å². The topological polar surface area (TPSA) is 38.2 Å². The minimum atomic E-state index is 0.324. The fourth-order valence-corrected chi connectivity index (χ4v) is 2.53. The quantitative estimate of drug-likeness (QED) is 0.790. The molecule has 1 aromatic rings. The van der Waals surface area contributed by atoms with Crippen molar-refractivity contribution in [3.63, 3.8) is 0 Å². The van der Waals surface area contributed by atoms with Crippen molar-refractivity contribution in [1.29, 1.82) is 0 Å². The molecule has 2 rings (SSSR count). The van der Waals surface area contributed by atoms with Crippen molar-refractivity contribution < 1.29 is 4.74 Å². The maximum atomic E-state index is 5.96. The van der Waals surface area contributed by atoms with Crippen LogP contribution in [-0.2, 0) is 10.5 Å². The van der Waals surface area contributed by atoms with Crippen molar-refractivity contribution in [3.05, 3.63) is 17.0 Å².